The largest absolute Gasteiger partial charge is 0.308 e. The summed E-state index contributed by atoms with van der Waals surface area (Å²) < 4.78 is 2.03. The molecule has 0 aliphatic carbocycles. The predicted octanol–water partition coefficient (Wildman–Crippen LogP) is 3.26. The maximum Gasteiger partial charge on any atom is 0.278 e. The van der Waals surface area contributed by atoms with Crippen LogP contribution in [0.25, 0.3) is 11.0 Å². The molecule has 3 aromatic rings. The number of rotatable bonds is 6. The van der Waals surface area contributed by atoms with Crippen LogP contribution in [0, 0.1) is 10.1 Å². The Morgan fingerprint density at radius 3 is 2.68 bits per heavy atom. The van der Waals surface area contributed by atoms with E-state index in [4.69, 9.17) is 0 Å². The summed E-state index contributed by atoms with van der Waals surface area (Å²) in [6.45, 7) is 1.57. The standard InChI is InChI=1S/C18H19N5O2/c1-21(2)11-12-22-17-10-6-4-8-15(17)20-18(22)19-13-14-7-3-5-9-16(14)23(24)25/h3-10,13H,11-12H2,1-2H3. The lowest BCUT2D eigenvalue weighted by Gasteiger charge is -2.11. The molecule has 1 heterocycles. The number of hydrogen-bond acceptors (Lipinski definition) is 5. The average Bonchev–Trinajstić information content (AvgIpc) is 2.95. The molecule has 0 atom stereocenters. The fourth-order valence-electron chi connectivity index (χ4n) is 2.57. The molecular weight excluding hydrogens is 318 g/mol. The summed E-state index contributed by atoms with van der Waals surface area (Å²) >= 11 is 0. The van der Waals surface area contributed by atoms with Crippen LogP contribution < -0.4 is 0 Å². The summed E-state index contributed by atoms with van der Waals surface area (Å²) in [6.07, 6.45) is 1.51. The molecule has 0 saturated carbocycles. The van der Waals surface area contributed by atoms with Crippen LogP contribution in [-0.4, -0.2) is 46.2 Å². The Morgan fingerprint density at radius 2 is 1.92 bits per heavy atom. The lowest BCUT2D eigenvalue weighted by molar-refractivity contribution is -0.385. The molecule has 0 amide bonds. The topological polar surface area (TPSA) is 76.6 Å². The van der Waals surface area contributed by atoms with E-state index in [2.05, 4.69) is 14.9 Å². The van der Waals surface area contributed by atoms with Crippen molar-refractivity contribution in [2.45, 2.75) is 6.54 Å². The van der Waals surface area contributed by atoms with Crippen molar-refractivity contribution in [3.63, 3.8) is 0 Å². The van der Waals surface area contributed by atoms with Crippen LogP contribution in [0.1, 0.15) is 5.56 Å². The van der Waals surface area contributed by atoms with Crippen LogP contribution in [0.5, 0.6) is 0 Å². The van der Waals surface area contributed by atoms with E-state index in [0.717, 1.165) is 24.1 Å². The van der Waals surface area contributed by atoms with E-state index in [-0.39, 0.29) is 5.69 Å². The van der Waals surface area contributed by atoms with E-state index >= 15 is 0 Å². The van der Waals surface area contributed by atoms with Crippen molar-refractivity contribution >= 4 is 28.9 Å². The molecule has 128 valence electrons. The van der Waals surface area contributed by atoms with Gasteiger partial charge in [-0.3, -0.25) is 10.1 Å². The van der Waals surface area contributed by atoms with Gasteiger partial charge in [-0.05, 0) is 32.3 Å². The van der Waals surface area contributed by atoms with E-state index in [9.17, 15) is 10.1 Å². The quantitative estimate of drug-likeness (QED) is 0.393. The Balaban J connectivity index is 2.01. The summed E-state index contributed by atoms with van der Waals surface area (Å²) in [5.41, 5.74) is 2.34. The first-order valence-corrected chi connectivity index (χ1v) is 7.94. The fourth-order valence-corrected chi connectivity index (χ4v) is 2.57. The Morgan fingerprint density at radius 1 is 1.20 bits per heavy atom. The highest BCUT2D eigenvalue weighted by Crippen LogP contribution is 2.22. The first kappa shape index (κ1) is 16.8. The van der Waals surface area contributed by atoms with Gasteiger partial charge in [-0.1, -0.05) is 24.3 Å². The number of aromatic nitrogens is 2. The van der Waals surface area contributed by atoms with Gasteiger partial charge in [0.25, 0.3) is 5.69 Å². The van der Waals surface area contributed by atoms with Crippen molar-refractivity contribution in [3.05, 3.63) is 64.2 Å². The molecule has 0 N–H and O–H groups in total. The highest BCUT2D eigenvalue weighted by Gasteiger charge is 2.12. The molecule has 0 radical (unpaired) electrons. The Kier molecular flexibility index (Phi) is 4.85. The van der Waals surface area contributed by atoms with Crippen molar-refractivity contribution in [1.29, 1.82) is 0 Å². The van der Waals surface area contributed by atoms with Gasteiger partial charge in [0.2, 0.25) is 5.95 Å². The van der Waals surface area contributed by atoms with Gasteiger partial charge in [0.05, 0.1) is 21.5 Å². The summed E-state index contributed by atoms with van der Waals surface area (Å²) in [7, 11) is 4.02. The van der Waals surface area contributed by atoms with Crippen LogP contribution in [0.4, 0.5) is 11.6 Å². The van der Waals surface area contributed by atoms with E-state index in [1.807, 2.05) is 42.9 Å². The molecule has 0 unspecified atom stereocenters. The summed E-state index contributed by atoms with van der Waals surface area (Å²) in [4.78, 5) is 21.8. The Bertz CT molecular complexity index is 930. The van der Waals surface area contributed by atoms with Crippen LogP contribution in [0.3, 0.4) is 0 Å². The number of benzene rings is 2. The molecule has 0 aliphatic heterocycles. The van der Waals surface area contributed by atoms with E-state index in [1.165, 1.54) is 12.3 Å². The number of nitrogens with zero attached hydrogens (tertiary/aromatic N) is 5. The first-order chi connectivity index (χ1) is 12.1. The third-order valence-electron chi connectivity index (χ3n) is 3.86. The molecule has 25 heavy (non-hydrogen) atoms. The van der Waals surface area contributed by atoms with Crippen LogP contribution in [0.2, 0.25) is 0 Å². The second-order valence-corrected chi connectivity index (χ2v) is 5.93. The monoisotopic (exact) mass is 337 g/mol. The highest BCUT2D eigenvalue weighted by molar-refractivity contribution is 5.87. The van der Waals surface area contributed by atoms with Gasteiger partial charge in [0, 0.05) is 25.4 Å². The number of aliphatic imine (C=N–C) groups is 1. The number of hydrogen-bond donors (Lipinski definition) is 0. The van der Waals surface area contributed by atoms with Crippen LogP contribution in [0.15, 0.2) is 53.5 Å². The van der Waals surface area contributed by atoms with Crippen LogP contribution in [-0.2, 0) is 6.54 Å². The number of nitro groups is 1. The van der Waals surface area contributed by atoms with Crippen molar-refractivity contribution in [2.75, 3.05) is 20.6 Å². The van der Waals surface area contributed by atoms with Crippen molar-refractivity contribution in [3.8, 4) is 0 Å². The SMILES string of the molecule is CN(C)CCn1c(N=Cc2ccccc2[N+](=O)[O-])nc2ccccc21. The molecular formula is C18H19N5O2. The smallest absolute Gasteiger partial charge is 0.278 e. The third-order valence-corrected chi connectivity index (χ3v) is 3.86. The molecule has 3 rings (SSSR count). The van der Waals surface area contributed by atoms with Gasteiger partial charge in [-0.15, -0.1) is 0 Å². The molecule has 0 spiro atoms. The molecule has 0 bridgehead atoms. The predicted molar refractivity (Wildman–Crippen MR) is 98.6 cm³/mol. The Labute approximate surface area is 145 Å². The van der Waals surface area contributed by atoms with Gasteiger partial charge in [-0.2, -0.15) is 0 Å². The number of nitro benzene ring substituents is 1. The fraction of sp³-hybridized carbons (Fsp3) is 0.222. The van der Waals surface area contributed by atoms with Crippen molar-refractivity contribution in [1.82, 2.24) is 14.5 Å². The highest BCUT2D eigenvalue weighted by atomic mass is 16.6. The number of fused-ring (bicyclic) bond motifs is 1. The van der Waals surface area contributed by atoms with Gasteiger partial charge < -0.3 is 9.47 Å². The first-order valence-electron chi connectivity index (χ1n) is 7.94. The van der Waals surface area contributed by atoms with Crippen LogP contribution >= 0.6 is 0 Å². The van der Waals surface area contributed by atoms with Crippen molar-refractivity contribution < 1.29 is 4.92 Å². The lowest BCUT2D eigenvalue weighted by atomic mass is 10.2. The number of likely N-dealkylation sites (N-methyl/N-ethyl adjacent to an activating group) is 1. The Hall–Kier alpha value is -3.06. The minimum absolute atomic E-state index is 0.0298. The summed E-state index contributed by atoms with van der Waals surface area (Å²) in [5, 5.41) is 11.1. The minimum atomic E-state index is -0.406. The molecule has 0 saturated heterocycles. The molecule has 0 aliphatic rings. The lowest BCUT2D eigenvalue weighted by Crippen LogP contribution is -2.18. The van der Waals surface area contributed by atoms with Gasteiger partial charge in [0.1, 0.15) is 0 Å². The second-order valence-electron chi connectivity index (χ2n) is 5.93. The van der Waals surface area contributed by atoms with Gasteiger partial charge >= 0.3 is 0 Å². The van der Waals surface area contributed by atoms with Gasteiger partial charge in [0.15, 0.2) is 0 Å². The summed E-state index contributed by atoms with van der Waals surface area (Å²) in [6, 6.07) is 14.4. The zero-order chi connectivity index (χ0) is 17.8. The molecule has 0 fully saturated rings. The zero-order valence-corrected chi connectivity index (χ0v) is 14.2. The minimum Gasteiger partial charge on any atom is -0.308 e. The normalized spacial score (nSPS) is 11.6. The molecule has 7 heteroatoms. The maximum absolute atomic E-state index is 11.1. The molecule has 1 aromatic heterocycles. The maximum atomic E-state index is 11.1. The van der Waals surface area contributed by atoms with E-state index in [0.29, 0.717) is 11.5 Å². The molecule has 2 aromatic carbocycles. The van der Waals surface area contributed by atoms with Crippen molar-refractivity contribution in [2.24, 2.45) is 4.99 Å². The third kappa shape index (κ3) is 3.72. The number of imidazole rings is 1. The van der Waals surface area contributed by atoms with E-state index < -0.39 is 4.92 Å². The van der Waals surface area contributed by atoms with Gasteiger partial charge in [-0.25, -0.2) is 9.98 Å². The zero-order valence-electron chi connectivity index (χ0n) is 14.2. The van der Waals surface area contributed by atoms with E-state index in [1.54, 1.807) is 18.2 Å². The average molecular weight is 337 g/mol. The number of para-hydroxylation sites is 3. The second kappa shape index (κ2) is 7.23. The molecule has 7 nitrogen and oxygen atoms in total. The summed E-state index contributed by atoms with van der Waals surface area (Å²) in [5.74, 6) is 0.543.